The van der Waals surface area contributed by atoms with Gasteiger partial charge in [-0.2, -0.15) is 0 Å². The fourth-order valence-electron chi connectivity index (χ4n) is 2.07. The second-order valence-electron chi connectivity index (χ2n) is 4.90. The maximum Gasteiger partial charge on any atom is 0.255 e. The molecule has 0 aliphatic rings. The molecule has 2 amide bonds. The third-order valence-corrected chi connectivity index (χ3v) is 3.18. The summed E-state index contributed by atoms with van der Waals surface area (Å²) < 4.78 is 24.1. The second-order valence-corrected chi connectivity index (χ2v) is 4.90. The van der Waals surface area contributed by atoms with Gasteiger partial charge in [-0.1, -0.05) is 0 Å². The molecule has 0 aliphatic heterocycles. The molecule has 2 aromatic carbocycles. The SMILES string of the molecule is COc1ccc(C(=O)Nc2cc(NC(C)=O)ccc2F)cc1OC. The Morgan fingerprint density at radius 2 is 1.67 bits per heavy atom. The molecule has 6 nitrogen and oxygen atoms in total. The van der Waals surface area contributed by atoms with Gasteiger partial charge in [0, 0.05) is 18.2 Å². The van der Waals surface area contributed by atoms with E-state index in [0.29, 0.717) is 17.2 Å². The minimum Gasteiger partial charge on any atom is -0.493 e. The fourth-order valence-corrected chi connectivity index (χ4v) is 2.07. The van der Waals surface area contributed by atoms with E-state index in [-0.39, 0.29) is 17.2 Å². The van der Waals surface area contributed by atoms with Gasteiger partial charge in [-0.25, -0.2) is 4.39 Å². The van der Waals surface area contributed by atoms with Crippen molar-refractivity contribution in [2.45, 2.75) is 6.92 Å². The van der Waals surface area contributed by atoms with Gasteiger partial charge in [0.1, 0.15) is 5.82 Å². The number of ether oxygens (including phenoxy) is 2. The highest BCUT2D eigenvalue weighted by atomic mass is 19.1. The largest absolute Gasteiger partial charge is 0.493 e. The Morgan fingerprint density at radius 1 is 0.958 bits per heavy atom. The fraction of sp³-hybridized carbons (Fsp3) is 0.176. The molecule has 0 atom stereocenters. The van der Waals surface area contributed by atoms with Crippen molar-refractivity contribution >= 4 is 23.2 Å². The van der Waals surface area contributed by atoms with Crippen LogP contribution in [-0.2, 0) is 4.79 Å². The number of benzene rings is 2. The Morgan fingerprint density at radius 3 is 2.29 bits per heavy atom. The first-order chi connectivity index (χ1) is 11.4. The number of rotatable bonds is 5. The lowest BCUT2D eigenvalue weighted by Crippen LogP contribution is -2.14. The summed E-state index contributed by atoms with van der Waals surface area (Å²) in [6.45, 7) is 1.34. The normalized spacial score (nSPS) is 10.0. The minimum atomic E-state index is -0.613. The lowest BCUT2D eigenvalue weighted by Gasteiger charge is -2.11. The number of carbonyl (C=O) groups is 2. The Labute approximate surface area is 138 Å². The molecule has 0 aliphatic carbocycles. The molecule has 2 N–H and O–H groups in total. The summed E-state index contributed by atoms with van der Waals surface area (Å²) >= 11 is 0. The average Bonchev–Trinajstić information content (AvgIpc) is 2.56. The van der Waals surface area contributed by atoms with E-state index in [1.165, 1.54) is 45.4 Å². The Balaban J connectivity index is 2.24. The zero-order valence-electron chi connectivity index (χ0n) is 13.5. The van der Waals surface area contributed by atoms with Crippen molar-refractivity contribution in [3.8, 4) is 11.5 Å². The first kappa shape index (κ1) is 17.3. The van der Waals surface area contributed by atoms with Crippen LogP contribution >= 0.6 is 0 Å². The number of nitrogens with one attached hydrogen (secondary N) is 2. The quantitative estimate of drug-likeness (QED) is 0.882. The van der Waals surface area contributed by atoms with E-state index >= 15 is 0 Å². The zero-order chi connectivity index (χ0) is 17.7. The summed E-state index contributed by atoms with van der Waals surface area (Å²) in [5.41, 5.74) is 0.615. The van der Waals surface area contributed by atoms with Gasteiger partial charge < -0.3 is 20.1 Å². The van der Waals surface area contributed by atoms with Gasteiger partial charge in [0.15, 0.2) is 11.5 Å². The van der Waals surface area contributed by atoms with Gasteiger partial charge in [0.25, 0.3) is 5.91 Å². The molecule has 0 saturated carbocycles. The van der Waals surface area contributed by atoms with Crippen LogP contribution in [0, 0.1) is 5.82 Å². The van der Waals surface area contributed by atoms with Crippen molar-refractivity contribution in [3.05, 3.63) is 47.8 Å². The number of hydrogen-bond donors (Lipinski definition) is 2. The molecule has 2 rings (SSSR count). The van der Waals surface area contributed by atoms with Crippen molar-refractivity contribution in [3.63, 3.8) is 0 Å². The molecule has 0 aromatic heterocycles. The highest BCUT2D eigenvalue weighted by Crippen LogP contribution is 2.28. The zero-order valence-corrected chi connectivity index (χ0v) is 13.5. The van der Waals surface area contributed by atoms with Gasteiger partial charge in [0.2, 0.25) is 5.91 Å². The molecule has 7 heteroatoms. The molecule has 0 radical (unpaired) electrons. The van der Waals surface area contributed by atoms with E-state index in [0.717, 1.165) is 6.07 Å². The number of anilines is 2. The van der Waals surface area contributed by atoms with E-state index in [2.05, 4.69) is 10.6 Å². The third kappa shape index (κ3) is 4.01. The lowest BCUT2D eigenvalue weighted by atomic mass is 10.1. The van der Waals surface area contributed by atoms with Crippen molar-refractivity contribution in [1.82, 2.24) is 0 Å². The van der Waals surface area contributed by atoms with E-state index in [4.69, 9.17) is 9.47 Å². The predicted octanol–water partition coefficient (Wildman–Crippen LogP) is 3.05. The molecular formula is C17H17FN2O4. The topological polar surface area (TPSA) is 76.7 Å². The number of carbonyl (C=O) groups excluding carboxylic acids is 2. The van der Waals surface area contributed by atoms with E-state index in [1.807, 2.05) is 0 Å². The van der Waals surface area contributed by atoms with Crippen LogP contribution in [0.3, 0.4) is 0 Å². The maximum absolute atomic E-state index is 13.9. The smallest absolute Gasteiger partial charge is 0.255 e. The second kappa shape index (κ2) is 7.45. The summed E-state index contributed by atoms with van der Waals surface area (Å²) in [6, 6.07) is 8.52. The Hall–Kier alpha value is -3.09. The number of methoxy groups -OCH3 is 2. The van der Waals surface area contributed by atoms with Crippen molar-refractivity contribution < 1.29 is 23.5 Å². The molecule has 0 unspecified atom stereocenters. The van der Waals surface area contributed by atoms with Crippen LogP contribution in [0.2, 0.25) is 0 Å². The molecule has 126 valence electrons. The van der Waals surface area contributed by atoms with E-state index in [9.17, 15) is 14.0 Å². The van der Waals surface area contributed by atoms with Gasteiger partial charge in [0.05, 0.1) is 19.9 Å². The van der Waals surface area contributed by atoms with Crippen LogP contribution in [0.5, 0.6) is 11.5 Å². The number of amides is 2. The Bertz CT molecular complexity index is 777. The highest BCUT2D eigenvalue weighted by Gasteiger charge is 2.13. The molecule has 0 spiro atoms. The highest BCUT2D eigenvalue weighted by molar-refractivity contribution is 6.05. The maximum atomic E-state index is 13.9. The minimum absolute atomic E-state index is 0.0407. The van der Waals surface area contributed by atoms with Crippen LogP contribution in [0.4, 0.5) is 15.8 Å². The molecular weight excluding hydrogens is 315 g/mol. The lowest BCUT2D eigenvalue weighted by molar-refractivity contribution is -0.114. The predicted molar refractivity (Wildman–Crippen MR) is 88.2 cm³/mol. The van der Waals surface area contributed by atoms with Crippen molar-refractivity contribution in [2.75, 3.05) is 24.9 Å². The van der Waals surface area contributed by atoms with Gasteiger partial charge in [-0.3, -0.25) is 9.59 Å². The van der Waals surface area contributed by atoms with Gasteiger partial charge in [-0.05, 0) is 36.4 Å². The first-order valence-electron chi connectivity index (χ1n) is 7.05. The van der Waals surface area contributed by atoms with Crippen LogP contribution in [0.15, 0.2) is 36.4 Å². The van der Waals surface area contributed by atoms with Crippen molar-refractivity contribution in [2.24, 2.45) is 0 Å². The van der Waals surface area contributed by atoms with Gasteiger partial charge >= 0.3 is 0 Å². The monoisotopic (exact) mass is 332 g/mol. The summed E-state index contributed by atoms with van der Waals surface area (Å²) in [6.07, 6.45) is 0. The summed E-state index contributed by atoms with van der Waals surface area (Å²) in [5.74, 6) is -0.558. The Kier molecular flexibility index (Phi) is 5.36. The summed E-state index contributed by atoms with van der Waals surface area (Å²) in [4.78, 5) is 23.4. The molecule has 0 bridgehead atoms. The average molecular weight is 332 g/mol. The van der Waals surface area contributed by atoms with E-state index in [1.54, 1.807) is 6.07 Å². The van der Waals surface area contributed by atoms with E-state index < -0.39 is 11.7 Å². The molecule has 0 saturated heterocycles. The number of halogens is 1. The standard InChI is InChI=1S/C17H17FN2O4/c1-10(21)19-12-5-6-13(18)14(9-12)20-17(22)11-4-7-15(23-2)16(8-11)24-3/h4-9H,1-3H3,(H,19,21)(H,20,22). The summed E-state index contributed by atoms with van der Waals surface area (Å²) in [5, 5.41) is 4.99. The van der Waals surface area contributed by atoms with Crippen LogP contribution < -0.4 is 20.1 Å². The summed E-state index contributed by atoms with van der Waals surface area (Å²) in [7, 11) is 2.94. The molecule has 0 fully saturated rings. The molecule has 2 aromatic rings. The molecule has 0 heterocycles. The first-order valence-corrected chi connectivity index (χ1v) is 7.05. The number of hydrogen-bond acceptors (Lipinski definition) is 4. The third-order valence-electron chi connectivity index (χ3n) is 3.18. The van der Waals surface area contributed by atoms with Crippen LogP contribution in [0.1, 0.15) is 17.3 Å². The molecule has 24 heavy (non-hydrogen) atoms. The van der Waals surface area contributed by atoms with Crippen LogP contribution in [-0.4, -0.2) is 26.0 Å². The van der Waals surface area contributed by atoms with Gasteiger partial charge in [-0.15, -0.1) is 0 Å². The van der Waals surface area contributed by atoms with Crippen molar-refractivity contribution in [1.29, 1.82) is 0 Å². The van der Waals surface area contributed by atoms with Crippen LogP contribution in [0.25, 0.3) is 0 Å².